The molecular formula is C16H16N4OS2. The first-order valence-corrected chi connectivity index (χ1v) is 8.41. The minimum absolute atomic E-state index is 0.289. The van der Waals surface area contributed by atoms with E-state index in [9.17, 15) is 0 Å². The molecule has 1 aromatic carbocycles. The van der Waals surface area contributed by atoms with Gasteiger partial charge in [0.15, 0.2) is 5.82 Å². The Hall–Kier alpha value is -2.25. The van der Waals surface area contributed by atoms with E-state index in [4.69, 9.17) is 17.0 Å². The number of thiophene rings is 1. The molecule has 0 aliphatic heterocycles. The van der Waals surface area contributed by atoms with Crippen LogP contribution in [0.15, 0.2) is 40.1 Å². The Balaban J connectivity index is 1.77. The Morgan fingerprint density at radius 3 is 2.83 bits per heavy atom. The maximum absolute atomic E-state index is 5.82. The Kier molecular flexibility index (Phi) is 4.68. The van der Waals surface area contributed by atoms with Gasteiger partial charge in [0.1, 0.15) is 12.4 Å². The van der Waals surface area contributed by atoms with Crippen LogP contribution in [0.4, 0.5) is 0 Å². The van der Waals surface area contributed by atoms with Crippen LogP contribution in [-0.2, 0) is 6.61 Å². The van der Waals surface area contributed by atoms with Crippen molar-refractivity contribution in [3.8, 4) is 5.75 Å². The molecular weight excluding hydrogens is 328 g/mol. The van der Waals surface area contributed by atoms with Crippen molar-refractivity contribution in [3.05, 3.63) is 62.3 Å². The van der Waals surface area contributed by atoms with Gasteiger partial charge >= 0.3 is 0 Å². The van der Waals surface area contributed by atoms with Crippen molar-refractivity contribution in [2.75, 3.05) is 0 Å². The summed E-state index contributed by atoms with van der Waals surface area (Å²) in [6.45, 7) is 4.37. The van der Waals surface area contributed by atoms with Crippen molar-refractivity contribution >= 4 is 29.8 Å². The summed E-state index contributed by atoms with van der Waals surface area (Å²) in [7, 11) is 0. The van der Waals surface area contributed by atoms with Gasteiger partial charge in [0.2, 0.25) is 4.77 Å². The minimum Gasteiger partial charge on any atom is -0.486 e. The number of rotatable bonds is 5. The van der Waals surface area contributed by atoms with E-state index in [1.165, 1.54) is 0 Å². The summed E-state index contributed by atoms with van der Waals surface area (Å²) in [6, 6.07) is 8.08. The second-order valence-electron chi connectivity index (χ2n) is 5.17. The first kappa shape index (κ1) is 15.6. The van der Waals surface area contributed by atoms with Gasteiger partial charge in [0, 0.05) is 5.56 Å². The van der Waals surface area contributed by atoms with Gasteiger partial charge in [-0.3, -0.25) is 0 Å². The van der Waals surface area contributed by atoms with Gasteiger partial charge < -0.3 is 4.74 Å². The summed E-state index contributed by atoms with van der Waals surface area (Å²) < 4.78 is 7.84. The highest BCUT2D eigenvalue weighted by molar-refractivity contribution is 7.71. The van der Waals surface area contributed by atoms with Crippen molar-refractivity contribution in [2.24, 2.45) is 5.10 Å². The van der Waals surface area contributed by atoms with Crippen molar-refractivity contribution in [2.45, 2.75) is 20.5 Å². The molecule has 0 radical (unpaired) electrons. The predicted octanol–water partition coefficient (Wildman–Crippen LogP) is 4.08. The highest BCUT2D eigenvalue weighted by Gasteiger charge is 2.06. The number of hydrogen-bond acceptors (Lipinski definition) is 5. The fraction of sp³-hybridized carbons (Fsp3) is 0.188. The van der Waals surface area contributed by atoms with Crippen LogP contribution in [0.5, 0.6) is 5.75 Å². The highest BCUT2D eigenvalue weighted by atomic mass is 32.1. The number of benzene rings is 1. The highest BCUT2D eigenvalue weighted by Crippen LogP contribution is 2.17. The van der Waals surface area contributed by atoms with E-state index in [1.807, 2.05) is 42.8 Å². The molecule has 0 bridgehead atoms. The van der Waals surface area contributed by atoms with Crippen LogP contribution in [0.2, 0.25) is 0 Å². The molecule has 0 saturated carbocycles. The van der Waals surface area contributed by atoms with Crippen LogP contribution in [0, 0.1) is 18.6 Å². The summed E-state index contributed by atoms with van der Waals surface area (Å²) in [4.78, 5) is 0. The summed E-state index contributed by atoms with van der Waals surface area (Å²) in [5.41, 5.74) is 3.35. The summed E-state index contributed by atoms with van der Waals surface area (Å²) >= 11 is 6.84. The maximum Gasteiger partial charge on any atom is 0.216 e. The van der Waals surface area contributed by atoms with Crippen LogP contribution in [0.25, 0.3) is 0 Å². The van der Waals surface area contributed by atoms with Gasteiger partial charge in [0.05, 0.1) is 6.21 Å². The summed E-state index contributed by atoms with van der Waals surface area (Å²) in [5, 5.41) is 15.3. The third kappa shape index (κ3) is 3.94. The Morgan fingerprint density at radius 1 is 1.35 bits per heavy atom. The lowest BCUT2D eigenvalue weighted by molar-refractivity contribution is 0.290. The number of nitrogens with one attached hydrogen (secondary N) is 1. The molecule has 1 N–H and O–H groups in total. The van der Waals surface area contributed by atoms with E-state index in [1.54, 1.807) is 22.2 Å². The number of H-pyrrole nitrogens is 1. The van der Waals surface area contributed by atoms with Crippen LogP contribution in [0.3, 0.4) is 0 Å². The second kappa shape index (κ2) is 6.89. The van der Waals surface area contributed by atoms with Crippen LogP contribution >= 0.6 is 23.6 Å². The lowest BCUT2D eigenvalue weighted by Gasteiger charge is -2.07. The molecule has 2 aromatic heterocycles. The average Bonchev–Trinajstić information content (AvgIpc) is 3.12. The SMILES string of the molecule is Cc1cc(C)cc(OCc2n[nH]c(=S)n2/N=C\c2ccsc2)c1. The molecule has 0 aliphatic rings. The van der Waals surface area contributed by atoms with Gasteiger partial charge in [-0.25, -0.2) is 5.10 Å². The van der Waals surface area contributed by atoms with E-state index in [0.29, 0.717) is 10.6 Å². The molecule has 5 nitrogen and oxygen atoms in total. The molecule has 0 spiro atoms. The molecule has 0 saturated heterocycles. The van der Waals surface area contributed by atoms with Gasteiger partial charge in [-0.05, 0) is 66.2 Å². The third-order valence-electron chi connectivity index (χ3n) is 3.15. The van der Waals surface area contributed by atoms with Gasteiger partial charge in [-0.15, -0.1) is 0 Å². The molecule has 7 heteroatoms. The molecule has 118 valence electrons. The van der Waals surface area contributed by atoms with Crippen LogP contribution in [-0.4, -0.2) is 21.1 Å². The standard InChI is InChI=1S/C16H16N4OS2/c1-11-5-12(2)7-14(6-11)21-9-15-18-19-16(22)20(15)17-8-13-3-4-23-10-13/h3-8,10H,9H2,1-2H3,(H,19,22)/b17-8-. The number of aryl methyl sites for hydroxylation is 2. The predicted molar refractivity (Wildman–Crippen MR) is 95.0 cm³/mol. The van der Waals surface area contributed by atoms with E-state index < -0.39 is 0 Å². The molecule has 0 unspecified atom stereocenters. The first-order valence-electron chi connectivity index (χ1n) is 7.06. The lowest BCUT2D eigenvalue weighted by atomic mass is 10.1. The van der Waals surface area contributed by atoms with Crippen molar-refractivity contribution < 1.29 is 4.74 Å². The number of aromatic nitrogens is 3. The molecule has 0 fully saturated rings. The van der Waals surface area contributed by atoms with Crippen LogP contribution in [0.1, 0.15) is 22.5 Å². The number of hydrogen-bond donors (Lipinski definition) is 1. The van der Waals surface area contributed by atoms with Gasteiger partial charge in [-0.2, -0.15) is 26.2 Å². The van der Waals surface area contributed by atoms with Crippen molar-refractivity contribution in [1.29, 1.82) is 0 Å². The first-order chi connectivity index (χ1) is 11.1. The third-order valence-corrected chi connectivity index (χ3v) is 4.11. The zero-order valence-corrected chi connectivity index (χ0v) is 14.4. The number of nitrogens with zero attached hydrogens (tertiary/aromatic N) is 3. The molecule has 23 heavy (non-hydrogen) atoms. The lowest BCUT2D eigenvalue weighted by Crippen LogP contribution is -2.04. The van der Waals surface area contributed by atoms with E-state index in [-0.39, 0.29) is 6.61 Å². The fourth-order valence-electron chi connectivity index (χ4n) is 2.17. The largest absolute Gasteiger partial charge is 0.486 e. The summed E-state index contributed by atoms with van der Waals surface area (Å²) in [5.74, 6) is 1.44. The Morgan fingerprint density at radius 2 is 2.13 bits per heavy atom. The number of aromatic amines is 1. The maximum atomic E-state index is 5.82. The monoisotopic (exact) mass is 344 g/mol. The second-order valence-corrected chi connectivity index (χ2v) is 6.34. The van der Waals surface area contributed by atoms with E-state index in [0.717, 1.165) is 22.4 Å². The average molecular weight is 344 g/mol. The molecule has 0 aliphatic carbocycles. The quantitative estimate of drug-likeness (QED) is 0.560. The van der Waals surface area contributed by atoms with E-state index >= 15 is 0 Å². The normalized spacial score (nSPS) is 11.2. The Bertz CT molecular complexity index is 858. The van der Waals surface area contributed by atoms with Gasteiger partial charge in [-0.1, -0.05) is 6.07 Å². The molecule has 3 rings (SSSR count). The molecule has 2 heterocycles. The molecule has 0 atom stereocenters. The molecule has 3 aromatic rings. The van der Waals surface area contributed by atoms with Crippen molar-refractivity contribution in [3.63, 3.8) is 0 Å². The summed E-state index contributed by atoms with van der Waals surface area (Å²) in [6.07, 6.45) is 1.75. The zero-order valence-electron chi connectivity index (χ0n) is 12.8. The van der Waals surface area contributed by atoms with E-state index in [2.05, 4.69) is 21.4 Å². The van der Waals surface area contributed by atoms with Gasteiger partial charge in [0.25, 0.3) is 0 Å². The van der Waals surface area contributed by atoms with Crippen molar-refractivity contribution in [1.82, 2.24) is 14.9 Å². The minimum atomic E-state index is 0.289. The Labute approximate surface area is 143 Å². The smallest absolute Gasteiger partial charge is 0.216 e. The molecule has 0 amide bonds. The zero-order chi connectivity index (χ0) is 16.2. The fourth-order valence-corrected chi connectivity index (χ4v) is 2.98. The van der Waals surface area contributed by atoms with Crippen LogP contribution < -0.4 is 4.74 Å². The topological polar surface area (TPSA) is 55.2 Å². The number of ether oxygens (including phenoxy) is 1.